The molecular formula is C11H24O2. The molecule has 0 spiro atoms. The second-order valence-electron chi connectivity index (χ2n) is 5.12. The Kier molecular flexibility index (Phi) is 4.93. The van der Waals surface area contributed by atoms with Crippen LogP contribution in [0.2, 0.25) is 0 Å². The molecule has 0 aromatic carbocycles. The van der Waals surface area contributed by atoms with E-state index in [1.165, 1.54) is 0 Å². The third-order valence-electron chi connectivity index (χ3n) is 2.38. The van der Waals surface area contributed by atoms with E-state index >= 15 is 0 Å². The lowest BCUT2D eigenvalue weighted by Crippen LogP contribution is -2.33. The van der Waals surface area contributed by atoms with E-state index in [9.17, 15) is 0 Å². The first-order valence-corrected chi connectivity index (χ1v) is 5.08. The molecule has 0 heterocycles. The van der Waals surface area contributed by atoms with E-state index < -0.39 is 0 Å². The molecule has 0 radical (unpaired) electrons. The average Bonchev–Trinajstić information content (AvgIpc) is 2.02. The van der Waals surface area contributed by atoms with E-state index in [0.717, 1.165) is 19.4 Å². The number of hydrogen-bond donors (Lipinski definition) is 1. The van der Waals surface area contributed by atoms with Crippen LogP contribution < -0.4 is 0 Å². The zero-order valence-corrected chi connectivity index (χ0v) is 9.68. The van der Waals surface area contributed by atoms with Gasteiger partial charge in [-0.05, 0) is 25.2 Å². The highest BCUT2D eigenvalue weighted by molar-refractivity contribution is 4.72. The summed E-state index contributed by atoms with van der Waals surface area (Å²) in [5, 5.41) is 9.09. The van der Waals surface area contributed by atoms with Crippen LogP contribution in [0.3, 0.4) is 0 Å². The largest absolute Gasteiger partial charge is 0.393 e. The van der Waals surface area contributed by atoms with Crippen LogP contribution in [0.1, 0.15) is 47.5 Å². The first-order chi connectivity index (χ1) is 5.83. The summed E-state index contributed by atoms with van der Waals surface area (Å²) in [7, 11) is 0. The molecule has 1 N–H and O–H groups in total. The van der Waals surface area contributed by atoms with Gasteiger partial charge in [-0.3, -0.25) is 0 Å². The van der Waals surface area contributed by atoms with Gasteiger partial charge < -0.3 is 9.84 Å². The van der Waals surface area contributed by atoms with E-state index in [4.69, 9.17) is 9.84 Å². The van der Waals surface area contributed by atoms with Crippen LogP contribution >= 0.6 is 0 Å². The highest BCUT2D eigenvalue weighted by Gasteiger charge is 2.22. The summed E-state index contributed by atoms with van der Waals surface area (Å²) in [4.78, 5) is 0. The van der Waals surface area contributed by atoms with Crippen LogP contribution in [0.25, 0.3) is 0 Å². The number of aliphatic hydroxyl groups excluding tert-OH is 1. The summed E-state index contributed by atoms with van der Waals surface area (Å²) in [6.07, 6.45) is 1.89. The topological polar surface area (TPSA) is 29.5 Å². The van der Waals surface area contributed by atoms with Crippen molar-refractivity contribution in [1.82, 2.24) is 0 Å². The Morgan fingerprint density at radius 2 is 1.69 bits per heavy atom. The molecule has 0 aliphatic carbocycles. The van der Waals surface area contributed by atoms with Gasteiger partial charge in [0, 0.05) is 6.61 Å². The fourth-order valence-electron chi connectivity index (χ4n) is 0.863. The Balaban J connectivity index is 3.74. The van der Waals surface area contributed by atoms with Crippen LogP contribution in [-0.4, -0.2) is 23.9 Å². The van der Waals surface area contributed by atoms with Crippen molar-refractivity contribution in [3.63, 3.8) is 0 Å². The summed E-state index contributed by atoms with van der Waals surface area (Å²) in [5.74, 6) is 0. The normalized spacial score (nSPS) is 17.1. The minimum Gasteiger partial charge on any atom is -0.393 e. The fourth-order valence-corrected chi connectivity index (χ4v) is 0.863. The van der Waals surface area contributed by atoms with Gasteiger partial charge in [-0.25, -0.2) is 0 Å². The van der Waals surface area contributed by atoms with Crippen LogP contribution in [-0.2, 0) is 4.74 Å². The molecule has 0 aliphatic heterocycles. The maximum absolute atomic E-state index is 9.09. The minimum absolute atomic E-state index is 0.105. The molecule has 0 saturated heterocycles. The predicted octanol–water partition coefficient (Wildman–Crippen LogP) is 2.60. The van der Waals surface area contributed by atoms with Crippen molar-refractivity contribution in [2.75, 3.05) is 13.2 Å². The predicted molar refractivity (Wildman–Crippen MR) is 55.8 cm³/mol. The summed E-state index contributed by atoms with van der Waals surface area (Å²) in [6, 6.07) is 0. The van der Waals surface area contributed by atoms with E-state index in [2.05, 4.69) is 20.8 Å². The van der Waals surface area contributed by atoms with Crippen LogP contribution in [0.15, 0.2) is 0 Å². The van der Waals surface area contributed by atoms with E-state index in [1.807, 2.05) is 13.8 Å². The third kappa shape index (κ3) is 6.05. The smallest absolute Gasteiger partial charge is 0.0881 e. The van der Waals surface area contributed by atoms with Gasteiger partial charge in [0.15, 0.2) is 0 Å². The second-order valence-corrected chi connectivity index (χ2v) is 5.12. The molecule has 0 aliphatic rings. The quantitative estimate of drug-likeness (QED) is 0.718. The lowest BCUT2D eigenvalue weighted by molar-refractivity contribution is -0.0754. The number of rotatable bonds is 5. The number of aliphatic hydroxyl groups is 1. The van der Waals surface area contributed by atoms with Crippen molar-refractivity contribution < 1.29 is 9.84 Å². The molecule has 80 valence electrons. The summed E-state index contributed by atoms with van der Waals surface area (Å²) >= 11 is 0. The molecule has 2 heteroatoms. The van der Waals surface area contributed by atoms with Gasteiger partial charge >= 0.3 is 0 Å². The first kappa shape index (κ1) is 12.9. The van der Waals surface area contributed by atoms with E-state index in [1.54, 1.807) is 0 Å². The summed E-state index contributed by atoms with van der Waals surface area (Å²) in [5.41, 5.74) is -0.0324. The third-order valence-corrected chi connectivity index (χ3v) is 2.38. The maximum Gasteiger partial charge on any atom is 0.0881 e. The average molecular weight is 188 g/mol. The molecule has 0 fully saturated rings. The van der Waals surface area contributed by atoms with Crippen molar-refractivity contribution >= 4 is 0 Å². The molecule has 1 unspecified atom stereocenters. The van der Waals surface area contributed by atoms with Crippen molar-refractivity contribution in [3.8, 4) is 0 Å². The molecule has 13 heavy (non-hydrogen) atoms. The molecule has 0 aromatic heterocycles. The molecule has 1 atom stereocenters. The van der Waals surface area contributed by atoms with Gasteiger partial charge in [0.2, 0.25) is 0 Å². The highest BCUT2D eigenvalue weighted by Crippen LogP contribution is 2.21. The van der Waals surface area contributed by atoms with Crippen molar-refractivity contribution in [3.05, 3.63) is 0 Å². The fraction of sp³-hybridized carbons (Fsp3) is 1.00. The van der Waals surface area contributed by atoms with Crippen molar-refractivity contribution in [1.29, 1.82) is 0 Å². The lowest BCUT2D eigenvalue weighted by Gasteiger charge is -2.28. The van der Waals surface area contributed by atoms with Crippen molar-refractivity contribution in [2.45, 2.75) is 53.1 Å². The summed E-state index contributed by atoms with van der Waals surface area (Å²) in [6.45, 7) is 11.4. The molecule has 0 amide bonds. The van der Waals surface area contributed by atoms with Gasteiger partial charge in [-0.2, -0.15) is 0 Å². The Morgan fingerprint density at radius 1 is 1.15 bits per heavy atom. The van der Waals surface area contributed by atoms with Gasteiger partial charge in [-0.15, -0.1) is 0 Å². The van der Waals surface area contributed by atoms with Gasteiger partial charge in [0.25, 0.3) is 0 Å². The molecule has 0 rings (SSSR count). The monoisotopic (exact) mass is 188 g/mol. The Labute approximate surface area is 82.3 Å². The standard InChI is InChI=1S/C11H24O2/c1-6-11(5,9-12)13-8-7-10(2,3)4/h12H,6-9H2,1-5H3. The minimum atomic E-state index is -0.342. The zero-order chi connectivity index (χ0) is 10.5. The molecular weight excluding hydrogens is 164 g/mol. The zero-order valence-electron chi connectivity index (χ0n) is 9.68. The molecule has 0 saturated carbocycles. The van der Waals surface area contributed by atoms with E-state index in [-0.39, 0.29) is 12.2 Å². The first-order valence-electron chi connectivity index (χ1n) is 5.08. The number of ether oxygens (including phenoxy) is 1. The van der Waals surface area contributed by atoms with Crippen molar-refractivity contribution in [2.24, 2.45) is 5.41 Å². The Morgan fingerprint density at radius 3 is 2.00 bits per heavy atom. The van der Waals surface area contributed by atoms with E-state index in [0.29, 0.717) is 5.41 Å². The van der Waals surface area contributed by atoms with Crippen LogP contribution in [0.5, 0.6) is 0 Å². The second kappa shape index (κ2) is 4.97. The number of hydrogen-bond acceptors (Lipinski definition) is 2. The lowest BCUT2D eigenvalue weighted by atomic mass is 9.93. The molecule has 0 aromatic rings. The van der Waals surface area contributed by atoms with Crippen LogP contribution in [0, 0.1) is 5.41 Å². The Bertz CT molecular complexity index is 132. The van der Waals surface area contributed by atoms with Gasteiger partial charge in [0.1, 0.15) is 0 Å². The summed E-state index contributed by atoms with van der Waals surface area (Å²) < 4.78 is 5.65. The molecule has 0 bridgehead atoms. The van der Waals surface area contributed by atoms with Gasteiger partial charge in [-0.1, -0.05) is 27.7 Å². The highest BCUT2D eigenvalue weighted by atomic mass is 16.5. The van der Waals surface area contributed by atoms with Crippen LogP contribution in [0.4, 0.5) is 0 Å². The molecule has 2 nitrogen and oxygen atoms in total. The Hall–Kier alpha value is -0.0800. The SMILES string of the molecule is CCC(C)(CO)OCCC(C)(C)C. The van der Waals surface area contributed by atoms with Gasteiger partial charge in [0.05, 0.1) is 12.2 Å². The maximum atomic E-state index is 9.09.